The highest BCUT2D eigenvalue weighted by molar-refractivity contribution is 7.91. The Morgan fingerprint density at radius 3 is 2.25 bits per heavy atom. The minimum Gasteiger partial charge on any atom is -0.484 e. The maximum absolute atomic E-state index is 13.0. The Bertz CT molecular complexity index is 931. The fourth-order valence-corrected chi connectivity index (χ4v) is 5.31. The van der Waals surface area contributed by atoms with Crippen LogP contribution in [0.15, 0.2) is 42.5 Å². The highest BCUT2D eigenvalue weighted by atomic mass is 32.2. The van der Waals surface area contributed by atoms with E-state index in [1.807, 2.05) is 63.2 Å². The van der Waals surface area contributed by atoms with Crippen LogP contribution in [-0.2, 0) is 21.2 Å². The smallest absolute Gasteiger partial charge is 0.261 e. The first-order valence-corrected chi connectivity index (χ1v) is 11.3. The normalized spacial score (nSPS) is 18.0. The third-order valence-electron chi connectivity index (χ3n) is 5.00. The maximum atomic E-state index is 13.0. The van der Waals surface area contributed by atoms with Crippen LogP contribution in [0.25, 0.3) is 0 Å². The second kappa shape index (κ2) is 8.35. The molecule has 3 rings (SSSR count). The molecule has 28 heavy (non-hydrogen) atoms. The zero-order valence-corrected chi connectivity index (χ0v) is 17.5. The zero-order chi connectivity index (χ0) is 20.3. The van der Waals surface area contributed by atoms with Crippen LogP contribution in [0.2, 0.25) is 0 Å². The van der Waals surface area contributed by atoms with E-state index in [-0.39, 0.29) is 30.1 Å². The molecule has 2 aromatic carbocycles. The number of carbonyl (C=O) groups is 1. The molecule has 0 bridgehead atoms. The van der Waals surface area contributed by atoms with Gasteiger partial charge in [0.1, 0.15) is 5.75 Å². The van der Waals surface area contributed by atoms with Crippen LogP contribution < -0.4 is 4.74 Å². The number of carbonyl (C=O) groups excluding carboxylic acids is 1. The lowest BCUT2D eigenvalue weighted by atomic mass is 10.1. The van der Waals surface area contributed by atoms with Crippen molar-refractivity contribution >= 4 is 15.7 Å². The molecular formula is C22H27NO4S. The zero-order valence-electron chi connectivity index (χ0n) is 16.6. The maximum Gasteiger partial charge on any atom is 0.261 e. The van der Waals surface area contributed by atoms with Crippen molar-refractivity contribution in [3.8, 4) is 5.75 Å². The molecule has 150 valence electrons. The van der Waals surface area contributed by atoms with Crippen molar-refractivity contribution in [2.24, 2.45) is 0 Å². The van der Waals surface area contributed by atoms with Gasteiger partial charge in [-0.3, -0.25) is 4.79 Å². The van der Waals surface area contributed by atoms with Gasteiger partial charge in [-0.1, -0.05) is 35.9 Å². The SMILES string of the molecule is Cc1ccc(CN(C(=O)COc2cc(C)cc(C)c2)C2CCS(=O)(=O)C2)cc1. The third kappa shape index (κ3) is 5.35. The van der Waals surface area contributed by atoms with E-state index in [2.05, 4.69) is 0 Å². The molecule has 1 aliphatic rings. The van der Waals surface area contributed by atoms with Crippen LogP contribution >= 0.6 is 0 Å². The molecule has 0 aliphatic carbocycles. The van der Waals surface area contributed by atoms with Gasteiger partial charge in [0.2, 0.25) is 0 Å². The summed E-state index contributed by atoms with van der Waals surface area (Å²) in [6.07, 6.45) is 0.476. The van der Waals surface area contributed by atoms with Crippen molar-refractivity contribution in [1.29, 1.82) is 0 Å². The molecule has 0 spiro atoms. The van der Waals surface area contributed by atoms with E-state index in [1.54, 1.807) is 4.90 Å². The van der Waals surface area contributed by atoms with Crippen molar-refractivity contribution in [1.82, 2.24) is 4.90 Å². The van der Waals surface area contributed by atoms with Gasteiger partial charge in [0.25, 0.3) is 5.91 Å². The number of nitrogens with zero attached hydrogens (tertiary/aromatic N) is 1. The molecule has 1 fully saturated rings. The van der Waals surface area contributed by atoms with Crippen LogP contribution in [-0.4, -0.2) is 43.4 Å². The summed E-state index contributed by atoms with van der Waals surface area (Å²) in [6.45, 7) is 6.25. The monoisotopic (exact) mass is 401 g/mol. The van der Waals surface area contributed by atoms with E-state index in [0.717, 1.165) is 22.3 Å². The lowest BCUT2D eigenvalue weighted by Crippen LogP contribution is -2.43. The van der Waals surface area contributed by atoms with Gasteiger partial charge in [-0.15, -0.1) is 0 Å². The number of hydrogen-bond donors (Lipinski definition) is 0. The fourth-order valence-electron chi connectivity index (χ4n) is 3.58. The Morgan fingerprint density at radius 1 is 1.04 bits per heavy atom. The number of sulfone groups is 1. The molecule has 0 aromatic heterocycles. The van der Waals surface area contributed by atoms with Gasteiger partial charge in [-0.05, 0) is 56.0 Å². The first kappa shape index (κ1) is 20.4. The summed E-state index contributed by atoms with van der Waals surface area (Å²) in [4.78, 5) is 14.6. The number of amides is 1. The highest BCUT2D eigenvalue weighted by Crippen LogP contribution is 2.22. The van der Waals surface area contributed by atoms with E-state index in [4.69, 9.17) is 4.74 Å². The topological polar surface area (TPSA) is 63.7 Å². The number of hydrogen-bond acceptors (Lipinski definition) is 4. The summed E-state index contributed by atoms with van der Waals surface area (Å²) in [5.74, 6) is 0.614. The Kier molecular flexibility index (Phi) is 6.08. The summed E-state index contributed by atoms with van der Waals surface area (Å²) < 4.78 is 29.6. The van der Waals surface area contributed by atoms with Gasteiger partial charge in [0.15, 0.2) is 16.4 Å². The molecule has 6 heteroatoms. The summed E-state index contributed by atoms with van der Waals surface area (Å²) in [5.41, 5.74) is 4.26. The predicted molar refractivity (Wildman–Crippen MR) is 110 cm³/mol. The quantitative estimate of drug-likeness (QED) is 0.746. The average Bonchev–Trinajstić information content (AvgIpc) is 2.98. The second-order valence-electron chi connectivity index (χ2n) is 7.68. The molecule has 2 aromatic rings. The Hall–Kier alpha value is -2.34. The van der Waals surface area contributed by atoms with Crippen molar-refractivity contribution in [2.75, 3.05) is 18.1 Å². The minimum atomic E-state index is -3.09. The largest absolute Gasteiger partial charge is 0.484 e. The Labute approximate surface area is 167 Å². The molecule has 1 aliphatic heterocycles. The van der Waals surface area contributed by atoms with E-state index in [9.17, 15) is 13.2 Å². The van der Waals surface area contributed by atoms with Crippen LogP contribution in [0.5, 0.6) is 5.75 Å². The molecule has 0 saturated carbocycles. The van der Waals surface area contributed by atoms with E-state index >= 15 is 0 Å². The van der Waals surface area contributed by atoms with Gasteiger partial charge in [0, 0.05) is 12.6 Å². The summed E-state index contributed by atoms with van der Waals surface area (Å²) in [6, 6.07) is 13.5. The molecule has 1 unspecified atom stereocenters. The lowest BCUT2D eigenvalue weighted by molar-refractivity contribution is -0.136. The molecule has 1 atom stereocenters. The van der Waals surface area contributed by atoms with Gasteiger partial charge in [-0.2, -0.15) is 0 Å². The Morgan fingerprint density at radius 2 is 1.68 bits per heavy atom. The predicted octanol–water partition coefficient (Wildman–Crippen LogP) is 3.21. The fraction of sp³-hybridized carbons (Fsp3) is 0.409. The summed E-state index contributed by atoms with van der Waals surface area (Å²) in [5, 5.41) is 0. The number of rotatable bonds is 6. The molecule has 5 nitrogen and oxygen atoms in total. The van der Waals surface area contributed by atoms with Crippen molar-refractivity contribution in [3.63, 3.8) is 0 Å². The van der Waals surface area contributed by atoms with Crippen LogP contribution in [0.4, 0.5) is 0 Å². The molecule has 0 radical (unpaired) electrons. The standard InChI is InChI=1S/C22H27NO4S/c1-16-4-6-19(7-5-16)13-23(20-8-9-28(25,26)15-20)22(24)14-27-21-11-17(2)10-18(3)12-21/h4-7,10-12,20H,8-9,13-15H2,1-3H3. The van der Waals surface area contributed by atoms with Gasteiger partial charge < -0.3 is 9.64 Å². The molecule has 1 heterocycles. The number of ether oxygens (including phenoxy) is 1. The molecular weight excluding hydrogens is 374 g/mol. The summed E-state index contributed by atoms with van der Waals surface area (Å²) in [7, 11) is -3.09. The van der Waals surface area contributed by atoms with Crippen LogP contribution in [0, 0.1) is 20.8 Å². The third-order valence-corrected chi connectivity index (χ3v) is 6.75. The van der Waals surface area contributed by atoms with Crippen molar-refractivity contribution in [2.45, 2.75) is 39.8 Å². The number of aryl methyl sites for hydroxylation is 3. The second-order valence-corrected chi connectivity index (χ2v) is 9.90. The van der Waals surface area contributed by atoms with E-state index in [0.29, 0.717) is 18.7 Å². The molecule has 1 amide bonds. The number of benzene rings is 2. The van der Waals surface area contributed by atoms with Gasteiger partial charge in [-0.25, -0.2) is 8.42 Å². The average molecular weight is 402 g/mol. The lowest BCUT2D eigenvalue weighted by Gasteiger charge is -2.28. The van der Waals surface area contributed by atoms with Crippen LogP contribution in [0.1, 0.15) is 28.7 Å². The van der Waals surface area contributed by atoms with Crippen molar-refractivity contribution in [3.05, 3.63) is 64.7 Å². The van der Waals surface area contributed by atoms with Gasteiger partial charge >= 0.3 is 0 Å². The Balaban J connectivity index is 1.75. The summed E-state index contributed by atoms with van der Waals surface area (Å²) >= 11 is 0. The van der Waals surface area contributed by atoms with Crippen molar-refractivity contribution < 1.29 is 17.9 Å². The highest BCUT2D eigenvalue weighted by Gasteiger charge is 2.34. The van der Waals surface area contributed by atoms with Gasteiger partial charge in [0.05, 0.1) is 11.5 Å². The molecule has 0 N–H and O–H groups in total. The molecule has 1 saturated heterocycles. The first-order chi connectivity index (χ1) is 13.2. The van der Waals surface area contributed by atoms with E-state index in [1.165, 1.54) is 0 Å². The first-order valence-electron chi connectivity index (χ1n) is 9.48. The van der Waals surface area contributed by atoms with Crippen LogP contribution in [0.3, 0.4) is 0 Å². The minimum absolute atomic E-state index is 0.0220. The van der Waals surface area contributed by atoms with E-state index < -0.39 is 9.84 Å².